The van der Waals surface area contributed by atoms with E-state index in [0.29, 0.717) is 6.04 Å². The summed E-state index contributed by atoms with van der Waals surface area (Å²) in [7, 11) is 3.75. The third-order valence-corrected chi connectivity index (χ3v) is 3.96. The molecule has 3 nitrogen and oxygen atoms in total. The molecule has 1 aromatic rings. The molecule has 18 heavy (non-hydrogen) atoms. The fourth-order valence-corrected chi connectivity index (χ4v) is 2.76. The van der Waals surface area contributed by atoms with Crippen molar-refractivity contribution in [2.75, 3.05) is 33.8 Å². The molecule has 0 amide bonds. The van der Waals surface area contributed by atoms with E-state index in [1.807, 2.05) is 19.2 Å². The summed E-state index contributed by atoms with van der Waals surface area (Å²) in [5.74, 6) is 1.73. The van der Waals surface area contributed by atoms with Gasteiger partial charge >= 0.3 is 0 Å². The van der Waals surface area contributed by atoms with Gasteiger partial charge in [0.1, 0.15) is 5.75 Å². The van der Waals surface area contributed by atoms with Crippen LogP contribution in [-0.4, -0.2) is 38.7 Å². The van der Waals surface area contributed by atoms with Crippen molar-refractivity contribution in [2.45, 2.75) is 19.4 Å². The average molecular weight is 248 g/mol. The number of nitrogens with one attached hydrogen (secondary N) is 1. The summed E-state index contributed by atoms with van der Waals surface area (Å²) >= 11 is 0. The highest BCUT2D eigenvalue weighted by Crippen LogP contribution is 2.28. The number of benzene rings is 1. The Balaban J connectivity index is 1.96. The molecule has 0 saturated carbocycles. The second-order valence-electron chi connectivity index (χ2n) is 5.16. The molecule has 1 aliphatic rings. The summed E-state index contributed by atoms with van der Waals surface area (Å²) in [6.45, 7) is 5.84. The summed E-state index contributed by atoms with van der Waals surface area (Å²) in [5.41, 5.74) is 1.38. The molecule has 0 spiro atoms. The van der Waals surface area contributed by atoms with Gasteiger partial charge in [-0.1, -0.05) is 12.1 Å². The van der Waals surface area contributed by atoms with E-state index in [1.165, 1.54) is 25.1 Å². The first-order chi connectivity index (χ1) is 8.74. The smallest absolute Gasteiger partial charge is 0.118 e. The van der Waals surface area contributed by atoms with Crippen LogP contribution in [-0.2, 0) is 0 Å². The lowest BCUT2D eigenvalue weighted by atomic mass is 10.1. The van der Waals surface area contributed by atoms with Crippen LogP contribution >= 0.6 is 0 Å². The molecule has 1 saturated heterocycles. The highest BCUT2D eigenvalue weighted by atomic mass is 16.5. The van der Waals surface area contributed by atoms with E-state index in [1.54, 1.807) is 7.11 Å². The van der Waals surface area contributed by atoms with Crippen molar-refractivity contribution in [3.05, 3.63) is 29.8 Å². The van der Waals surface area contributed by atoms with Gasteiger partial charge in [0.25, 0.3) is 0 Å². The zero-order chi connectivity index (χ0) is 13.0. The maximum absolute atomic E-state index is 5.20. The van der Waals surface area contributed by atoms with Crippen LogP contribution in [0.1, 0.15) is 24.9 Å². The van der Waals surface area contributed by atoms with E-state index in [4.69, 9.17) is 4.74 Å². The van der Waals surface area contributed by atoms with Crippen LogP contribution in [0.4, 0.5) is 0 Å². The molecular formula is C15H24N2O. The lowest BCUT2D eigenvalue weighted by molar-refractivity contribution is 0.252. The third-order valence-electron chi connectivity index (χ3n) is 3.96. The molecular weight excluding hydrogens is 224 g/mol. The van der Waals surface area contributed by atoms with E-state index >= 15 is 0 Å². The van der Waals surface area contributed by atoms with Crippen molar-refractivity contribution < 1.29 is 4.74 Å². The number of nitrogens with zero attached hydrogens (tertiary/aromatic N) is 1. The van der Waals surface area contributed by atoms with Gasteiger partial charge in [-0.25, -0.2) is 0 Å². The summed E-state index contributed by atoms with van der Waals surface area (Å²) in [5, 5.41) is 3.28. The van der Waals surface area contributed by atoms with Crippen LogP contribution < -0.4 is 10.1 Å². The highest BCUT2D eigenvalue weighted by molar-refractivity contribution is 5.29. The number of rotatable bonds is 5. The lowest BCUT2D eigenvalue weighted by Crippen LogP contribution is -2.27. The Morgan fingerprint density at radius 1 is 1.39 bits per heavy atom. The van der Waals surface area contributed by atoms with Crippen molar-refractivity contribution in [3.63, 3.8) is 0 Å². The molecule has 1 aliphatic heterocycles. The molecule has 0 bridgehead atoms. The number of ether oxygens (including phenoxy) is 1. The Kier molecular flexibility index (Phi) is 4.61. The van der Waals surface area contributed by atoms with Crippen LogP contribution in [0.3, 0.4) is 0 Å². The topological polar surface area (TPSA) is 24.5 Å². The van der Waals surface area contributed by atoms with Crippen LogP contribution in [0.25, 0.3) is 0 Å². The zero-order valence-corrected chi connectivity index (χ0v) is 11.6. The van der Waals surface area contributed by atoms with Gasteiger partial charge in [-0.3, -0.25) is 4.90 Å². The van der Waals surface area contributed by atoms with Gasteiger partial charge < -0.3 is 10.1 Å². The number of likely N-dealkylation sites (tertiary alicyclic amines) is 1. The molecule has 0 radical (unpaired) electrons. The van der Waals surface area contributed by atoms with E-state index in [0.717, 1.165) is 18.2 Å². The molecule has 1 fully saturated rings. The fourth-order valence-electron chi connectivity index (χ4n) is 2.76. The molecule has 0 aromatic heterocycles. The average Bonchev–Trinajstić information content (AvgIpc) is 2.87. The SMILES string of the molecule is CNCC1CCN(C(C)c2ccc(OC)cc2)C1. The van der Waals surface area contributed by atoms with Crippen LogP contribution in [0.5, 0.6) is 5.75 Å². The van der Waals surface area contributed by atoms with E-state index in [9.17, 15) is 0 Å². The third kappa shape index (κ3) is 3.03. The van der Waals surface area contributed by atoms with Crippen molar-refractivity contribution >= 4 is 0 Å². The quantitative estimate of drug-likeness (QED) is 0.865. The second-order valence-corrected chi connectivity index (χ2v) is 5.16. The van der Waals surface area contributed by atoms with Gasteiger partial charge in [0, 0.05) is 12.6 Å². The molecule has 3 heteroatoms. The first kappa shape index (κ1) is 13.4. The summed E-state index contributed by atoms with van der Waals surface area (Å²) in [6, 6.07) is 8.95. The predicted molar refractivity (Wildman–Crippen MR) is 75.0 cm³/mol. The van der Waals surface area contributed by atoms with Crippen LogP contribution in [0.15, 0.2) is 24.3 Å². The number of hydrogen-bond acceptors (Lipinski definition) is 3. The molecule has 2 rings (SSSR count). The molecule has 1 aromatic carbocycles. The van der Waals surface area contributed by atoms with Gasteiger partial charge in [-0.2, -0.15) is 0 Å². The number of methoxy groups -OCH3 is 1. The molecule has 2 unspecified atom stereocenters. The Morgan fingerprint density at radius 2 is 2.11 bits per heavy atom. The Hall–Kier alpha value is -1.06. The van der Waals surface area contributed by atoms with Gasteiger partial charge in [-0.05, 0) is 57.1 Å². The first-order valence-corrected chi connectivity index (χ1v) is 6.77. The maximum atomic E-state index is 5.20. The van der Waals surface area contributed by atoms with Crippen LogP contribution in [0.2, 0.25) is 0 Å². The van der Waals surface area contributed by atoms with Crippen molar-refractivity contribution in [3.8, 4) is 5.75 Å². The van der Waals surface area contributed by atoms with Crippen molar-refractivity contribution in [2.24, 2.45) is 5.92 Å². The molecule has 2 atom stereocenters. The van der Waals surface area contributed by atoms with E-state index in [-0.39, 0.29) is 0 Å². The maximum Gasteiger partial charge on any atom is 0.118 e. The normalized spacial score (nSPS) is 22.1. The van der Waals surface area contributed by atoms with Gasteiger partial charge in [0.15, 0.2) is 0 Å². The van der Waals surface area contributed by atoms with Crippen LogP contribution in [0, 0.1) is 5.92 Å². The first-order valence-electron chi connectivity index (χ1n) is 6.77. The Morgan fingerprint density at radius 3 is 2.72 bits per heavy atom. The minimum atomic E-state index is 0.498. The zero-order valence-electron chi connectivity index (χ0n) is 11.6. The fraction of sp³-hybridized carbons (Fsp3) is 0.600. The van der Waals surface area contributed by atoms with Gasteiger partial charge in [0.05, 0.1) is 7.11 Å². The minimum Gasteiger partial charge on any atom is -0.497 e. The molecule has 100 valence electrons. The lowest BCUT2D eigenvalue weighted by Gasteiger charge is -2.25. The van der Waals surface area contributed by atoms with Crippen molar-refractivity contribution in [1.82, 2.24) is 10.2 Å². The molecule has 0 aliphatic carbocycles. The van der Waals surface area contributed by atoms with Gasteiger partial charge in [-0.15, -0.1) is 0 Å². The monoisotopic (exact) mass is 248 g/mol. The molecule has 1 N–H and O–H groups in total. The minimum absolute atomic E-state index is 0.498. The standard InChI is InChI=1S/C15H24N2O/c1-12(14-4-6-15(18-3)7-5-14)17-9-8-13(11-17)10-16-2/h4-7,12-13,16H,8-11H2,1-3H3. The predicted octanol–water partition coefficient (Wildman–Crippen LogP) is 2.30. The van der Waals surface area contributed by atoms with Crippen molar-refractivity contribution in [1.29, 1.82) is 0 Å². The van der Waals surface area contributed by atoms with E-state index < -0.39 is 0 Å². The van der Waals surface area contributed by atoms with Gasteiger partial charge in [0.2, 0.25) is 0 Å². The Labute approximate surface area is 110 Å². The molecule has 1 heterocycles. The van der Waals surface area contributed by atoms with E-state index in [2.05, 4.69) is 29.3 Å². The number of hydrogen-bond donors (Lipinski definition) is 1. The summed E-state index contributed by atoms with van der Waals surface area (Å²) in [6.07, 6.45) is 1.31. The summed E-state index contributed by atoms with van der Waals surface area (Å²) in [4.78, 5) is 2.57. The largest absolute Gasteiger partial charge is 0.497 e. The Bertz CT molecular complexity index is 363. The highest BCUT2D eigenvalue weighted by Gasteiger charge is 2.26. The second kappa shape index (κ2) is 6.21. The summed E-state index contributed by atoms with van der Waals surface area (Å²) < 4.78 is 5.20.